The molecule has 1 aromatic carbocycles. The number of carboxylic acid groups (broad SMARTS) is 1. The molecule has 0 fully saturated rings. The van der Waals surface area contributed by atoms with Crippen molar-refractivity contribution in [1.29, 1.82) is 0 Å². The molecule has 2 aliphatic rings. The van der Waals surface area contributed by atoms with E-state index >= 15 is 0 Å². The first-order chi connectivity index (χ1) is 9.42. The molecule has 0 spiro atoms. The SMILES string of the molecule is CC(C(=O)O)C1=C2C=c3ccccc3=C2C=CC1(O)O. The highest BCUT2D eigenvalue weighted by molar-refractivity contribution is 5.92. The molecule has 0 radical (unpaired) electrons. The summed E-state index contributed by atoms with van der Waals surface area (Å²) >= 11 is 0. The Labute approximate surface area is 115 Å². The molecular weight excluding hydrogens is 256 g/mol. The van der Waals surface area contributed by atoms with Crippen molar-refractivity contribution >= 4 is 17.6 Å². The van der Waals surface area contributed by atoms with Crippen molar-refractivity contribution < 1.29 is 20.1 Å². The molecule has 102 valence electrons. The fourth-order valence-electron chi connectivity index (χ4n) is 2.81. The fourth-order valence-corrected chi connectivity index (χ4v) is 2.81. The summed E-state index contributed by atoms with van der Waals surface area (Å²) in [5.74, 6) is -4.29. The van der Waals surface area contributed by atoms with E-state index in [0.717, 1.165) is 16.0 Å². The Kier molecular flexibility index (Phi) is 2.67. The number of hydrogen-bond donors (Lipinski definition) is 3. The summed E-state index contributed by atoms with van der Waals surface area (Å²) in [5.41, 5.74) is 1.54. The lowest BCUT2D eigenvalue weighted by molar-refractivity contribution is -0.144. The average molecular weight is 270 g/mol. The van der Waals surface area contributed by atoms with Gasteiger partial charge in [-0.05, 0) is 40.7 Å². The number of carbonyl (C=O) groups is 1. The van der Waals surface area contributed by atoms with Crippen LogP contribution >= 0.6 is 0 Å². The number of benzene rings is 1. The van der Waals surface area contributed by atoms with Gasteiger partial charge >= 0.3 is 5.97 Å². The number of rotatable bonds is 2. The van der Waals surface area contributed by atoms with Gasteiger partial charge in [0.05, 0.1) is 5.92 Å². The summed E-state index contributed by atoms with van der Waals surface area (Å²) in [6, 6.07) is 7.64. The first-order valence-electron chi connectivity index (χ1n) is 6.35. The zero-order valence-electron chi connectivity index (χ0n) is 10.9. The molecule has 4 heteroatoms. The van der Waals surface area contributed by atoms with Crippen LogP contribution in [-0.4, -0.2) is 27.1 Å². The Bertz CT molecular complexity index is 781. The Morgan fingerprint density at radius 2 is 1.90 bits per heavy atom. The molecule has 0 amide bonds. The molecule has 1 aromatic rings. The molecule has 1 atom stereocenters. The van der Waals surface area contributed by atoms with Gasteiger partial charge in [-0.2, -0.15) is 0 Å². The molecule has 2 aliphatic carbocycles. The van der Waals surface area contributed by atoms with Crippen LogP contribution in [0.4, 0.5) is 0 Å². The number of carboxylic acids is 1. The Morgan fingerprint density at radius 3 is 2.60 bits per heavy atom. The van der Waals surface area contributed by atoms with Crippen molar-refractivity contribution in [3.8, 4) is 0 Å². The van der Waals surface area contributed by atoms with E-state index in [9.17, 15) is 20.1 Å². The quantitative estimate of drug-likeness (QED) is 0.656. The number of aliphatic carboxylic acids is 1. The normalized spacial score (nSPS) is 20.2. The number of allylic oxidation sites excluding steroid dienone is 2. The second-order valence-corrected chi connectivity index (χ2v) is 5.09. The van der Waals surface area contributed by atoms with Crippen LogP contribution in [0.2, 0.25) is 0 Å². The van der Waals surface area contributed by atoms with Crippen LogP contribution in [-0.2, 0) is 4.79 Å². The molecule has 0 bridgehead atoms. The zero-order valence-corrected chi connectivity index (χ0v) is 10.9. The highest BCUT2D eigenvalue weighted by Gasteiger charge is 2.38. The van der Waals surface area contributed by atoms with Gasteiger partial charge in [0.25, 0.3) is 0 Å². The summed E-state index contributed by atoms with van der Waals surface area (Å²) in [6.07, 6.45) is 4.68. The van der Waals surface area contributed by atoms with Gasteiger partial charge in [0, 0.05) is 5.57 Å². The largest absolute Gasteiger partial charge is 0.481 e. The summed E-state index contributed by atoms with van der Waals surface area (Å²) < 4.78 is 0. The summed E-state index contributed by atoms with van der Waals surface area (Å²) in [4.78, 5) is 11.2. The van der Waals surface area contributed by atoms with Gasteiger partial charge in [0.1, 0.15) is 0 Å². The van der Waals surface area contributed by atoms with Gasteiger partial charge in [-0.3, -0.25) is 4.79 Å². The maximum Gasteiger partial charge on any atom is 0.310 e. The van der Waals surface area contributed by atoms with E-state index in [1.165, 1.54) is 13.0 Å². The molecule has 0 saturated heterocycles. The highest BCUT2D eigenvalue weighted by atomic mass is 16.5. The molecule has 0 heterocycles. The average Bonchev–Trinajstić information content (AvgIpc) is 2.75. The first-order valence-corrected chi connectivity index (χ1v) is 6.35. The first kappa shape index (κ1) is 12.8. The summed E-state index contributed by atoms with van der Waals surface area (Å²) in [6.45, 7) is 1.46. The van der Waals surface area contributed by atoms with Crippen molar-refractivity contribution in [2.75, 3.05) is 0 Å². The van der Waals surface area contributed by atoms with E-state index in [0.29, 0.717) is 5.57 Å². The minimum absolute atomic E-state index is 0.110. The van der Waals surface area contributed by atoms with Crippen LogP contribution in [0.5, 0.6) is 0 Å². The lowest BCUT2D eigenvalue weighted by Crippen LogP contribution is -2.37. The number of fused-ring (bicyclic) bond motifs is 2. The van der Waals surface area contributed by atoms with Gasteiger partial charge in [-0.15, -0.1) is 0 Å². The minimum Gasteiger partial charge on any atom is -0.481 e. The van der Waals surface area contributed by atoms with Gasteiger partial charge in [-0.25, -0.2) is 0 Å². The fraction of sp³-hybridized carbons (Fsp3) is 0.188. The van der Waals surface area contributed by atoms with Crippen molar-refractivity contribution in [3.05, 3.63) is 58.0 Å². The second kappa shape index (κ2) is 4.16. The van der Waals surface area contributed by atoms with Crippen molar-refractivity contribution in [2.24, 2.45) is 5.92 Å². The van der Waals surface area contributed by atoms with Crippen molar-refractivity contribution in [3.63, 3.8) is 0 Å². The summed E-state index contributed by atoms with van der Waals surface area (Å²) in [5, 5.41) is 31.3. The highest BCUT2D eigenvalue weighted by Crippen LogP contribution is 2.37. The van der Waals surface area contributed by atoms with E-state index in [1.54, 1.807) is 6.08 Å². The molecule has 20 heavy (non-hydrogen) atoms. The van der Waals surface area contributed by atoms with Gasteiger partial charge in [-0.1, -0.05) is 30.3 Å². The van der Waals surface area contributed by atoms with Crippen LogP contribution in [0.3, 0.4) is 0 Å². The van der Waals surface area contributed by atoms with E-state index in [1.807, 2.05) is 30.3 Å². The summed E-state index contributed by atoms with van der Waals surface area (Å²) in [7, 11) is 0. The Hall–Kier alpha value is -2.17. The maximum absolute atomic E-state index is 11.2. The monoisotopic (exact) mass is 270 g/mol. The third-order valence-electron chi connectivity index (χ3n) is 3.81. The minimum atomic E-state index is -2.23. The van der Waals surface area contributed by atoms with Crippen LogP contribution in [0.1, 0.15) is 6.92 Å². The van der Waals surface area contributed by atoms with E-state index in [2.05, 4.69) is 0 Å². The second-order valence-electron chi connectivity index (χ2n) is 5.09. The molecule has 3 N–H and O–H groups in total. The van der Waals surface area contributed by atoms with E-state index in [4.69, 9.17) is 0 Å². The van der Waals surface area contributed by atoms with E-state index < -0.39 is 17.7 Å². The van der Waals surface area contributed by atoms with Gasteiger partial charge < -0.3 is 15.3 Å². The molecule has 0 saturated carbocycles. The maximum atomic E-state index is 11.2. The molecular formula is C16H14O4. The van der Waals surface area contributed by atoms with Crippen LogP contribution in [0.15, 0.2) is 47.6 Å². The lowest BCUT2D eigenvalue weighted by Gasteiger charge is -2.30. The Morgan fingerprint density at radius 1 is 1.20 bits per heavy atom. The van der Waals surface area contributed by atoms with Gasteiger partial charge in [0.15, 0.2) is 0 Å². The molecule has 0 aliphatic heterocycles. The predicted octanol–water partition coefficient (Wildman–Crippen LogP) is -0.101. The third kappa shape index (κ3) is 1.73. The smallest absolute Gasteiger partial charge is 0.310 e. The number of aliphatic hydroxyl groups is 2. The topological polar surface area (TPSA) is 77.8 Å². The zero-order chi connectivity index (χ0) is 14.5. The molecule has 3 rings (SSSR count). The van der Waals surface area contributed by atoms with Crippen molar-refractivity contribution in [1.82, 2.24) is 0 Å². The van der Waals surface area contributed by atoms with Crippen molar-refractivity contribution in [2.45, 2.75) is 12.7 Å². The third-order valence-corrected chi connectivity index (χ3v) is 3.81. The predicted molar refractivity (Wildman–Crippen MR) is 73.7 cm³/mol. The molecule has 1 unspecified atom stereocenters. The Balaban J connectivity index is 2.35. The standard InChI is InChI=1S/C16H14O4/c1-9(15(17)18)14-13-8-10-4-2-3-5-11(10)12(13)6-7-16(14,19)20/h2-9,19-20H,1H3,(H,17,18). The van der Waals surface area contributed by atoms with Gasteiger partial charge in [0.2, 0.25) is 5.79 Å². The van der Waals surface area contributed by atoms with Crippen LogP contribution in [0.25, 0.3) is 11.6 Å². The van der Waals surface area contributed by atoms with Crippen LogP contribution in [0, 0.1) is 5.92 Å². The van der Waals surface area contributed by atoms with Crippen LogP contribution < -0.4 is 10.4 Å². The lowest BCUT2D eigenvalue weighted by atomic mass is 9.82. The number of hydrogen-bond acceptors (Lipinski definition) is 3. The molecule has 0 aromatic heterocycles. The van der Waals surface area contributed by atoms with E-state index in [-0.39, 0.29) is 5.57 Å². The molecule has 4 nitrogen and oxygen atoms in total.